The molecule has 1 aliphatic carbocycles. The predicted molar refractivity (Wildman–Crippen MR) is 145 cm³/mol. The van der Waals surface area contributed by atoms with Crippen molar-refractivity contribution in [3.63, 3.8) is 0 Å². The third-order valence-corrected chi connectivity index (χ3v) is 6.32. The summed E-state index contributed by atoms with van der Waals surface area (Å²) in [6, 6.07) is 12.4. The van der Waals surface area contributed by atoms with Crippen molar-refractivity contribution in [2.24, 2.45) is 4.99 Å². The summed E-state index contributed by atoms with van der Waals surface area (Å²) in [5.41, 5.74) is 2.96. The number of benzene rings is 2. The lowest BCUT2D eigenvalue weighted by Gasteiger charge is -2.19. The Balaban J connectivity index is 1.55. The molecular weight excluding hydrogens is 579 g/mol. The summed E-state index contributed by atoms with van der Waals surface area (Å²) in [6.45, 7) is 0. The third-order valence-electron chi connectivity index (χ3n) is 5.08. The van der Waals surface area contributed by atoms with E-state index >= 15 is 0 Å². The topological polar surface area (TPSA) is 94.0 Å². The van der Waals surface area contributed by atoms with E-state index in [9.17, 15) is 14.8 Å². The number of anilines is 1. The highest BCUT2D eigenvalue weighted by molar-refractivity contribution is 14.1. The number of hydroxylamine groups is 2. The number of nitrogens with one attached hydrogen (secondary N) is 2. The number of amides is 3. The van der Waals surface area contributed by atoms with Crippen LogP contribution in [0.3, 0.4) is 0 Å². The Morgan fingerprint density at radius 1 is 0.971 bits per heavy atom. The molecule has 3 N–H and O–H groups in total. The molecule has 0 spiro atoms. The third kappa shape index (κ3) is 6.36. The standard InChI is InChI=1S/C26H20ClIN4O3/c27-18-10-14-20(15-11-18)30-26(34)31-24(21-5-1-2-6-22(21)28)25(33)29-19-12-8-17(9-13-19)23-7-3-4-16-32(23)35/h1-16,24,35H,(H2,30,31,34). The van der Waals surface area contributed by atoms with Crippen molar-refractivity contribution < 1.29 is 14.8 Å². The Kier molecular flexibility index (Phi) is 7.96. The van der Waals surface area contributed by atoms with Crippen molar-refractivity contribution in [3.05, 3.63) is 123 Å². The minimum absolute atomic E-state index is 0.426. The molecule has 0 aromatic heterocycles. The van der Waals surface area contributed by atoms with E-state index in [1.165, 1.54) is 6.20 Å². The molecule has 176 valence electrons. The van der Waals surface area contributed by atoms with Crippen molar-refractivity contribution in [1.82, 2.24) is 10.4 Å². The quantitative estimate of drug-likeness (QED) is 0.381. The second-order valence-corrected chi connectivity index (χ2v) is 9.09. The molecule has 0 saturated carbocycles. The van der Waals surface area contributed by atoms with Crippen LogP contribution < -0.4 is 10.6 Å². The smallest absolute Gasteiger partial charge is 0.320 e. The Bertz CT molecular complexity index is 1310. The van der Waals surface area contributed by atoms with Crippen molar-refractivity contribution in [2.45, 2.75) is 6.04 Å². The van der Waals surface area contributed by atoms with Crippen LogP contribution in [0.2, 0.25) is 5.02 Å². The van der Waals surface area contributed by atoms with Gasteiger partial charge in [-0.15, -0.1) is 0 Å². The predicted octanol–water partition coefficient (Wildman–Crippen LogP) is 5.93. The van der Waals surface area contributed by atoms with Crippen LogP contribution >= 0.6 is 34.2 Å². The van der Waals surface area contributed by atoms with Crippen LogP contribution in [-0.4, -0.2) is 27.9 Å². The van der Waals surface area contributed by atoms with Crippen molar-refractivity contribution >= 4 is 57.5 Å². The van der Waals surface area contributed by atoms with Crippen LogP contribution in [0.1, 0.15) is 11.6 Å². The average Bonchev–Trinajstić information content (AvgIpc) is 2.85. The number of allylic oxidation sites excluding steroid dienone is 8. The van der Waals surface area contributed by atoms with Crippen molar-refractivity contribution in [2.75, 3.05) is 5.32 Å². The maximum absolute atomic E-state index is 13.2. The monoisotopic (exact) mass is 598 g/mol. The van der Waals surface area contributed by atoms with E-state index in [-0.39, 0.29) is 0 Å². The lowest BCUT2D eigenvalue weighted by molar-refractivity contribution is -0.119. The van der Waals surface area contributed by atoms with Gasteiger partial charge in [0, 0.05) is 26.1 Å². The molecule has 2 aliphatic rings. The molecule has 0 saturated heterocycles. The molecule has 0 fully saturated rings. The molecule has 35 heavy (non-hydrogen) atoms. The summed E-state index contributed by atoms with van der Waals surface area (Å²) >= 11 is 8.02. The molecule has 2 aromatic rings. The normalized spacial score (nSPS) is 15.3. The van der Waals surface area contributed by atoms with Gasteiger partial charge in [-0.05, 0) is 82.8 Å². The molecule has 4 rings (SSSR count). The number of urea groups is 1. The Morgan fingerprint density at radius 2 is 1.69 bits per heavy atom. The molecule has 1 aliphatic heterocycles. The van der Waals surface area contributed by atoms with Crippen LogP contribution in [0.5, 0.6) is 0 Å². The summed E-state index contributed by atoms with van der Waals surface area (Å²) in [4.78, 5) is 30.2. The number of carbonyl (C=O) groups excluding carboxylic acids is 2. The van der Waals surface area contributed by atoms with Gasteiger partial charge in [0.1, 0.15) is 6.04 Å². The van der Waals surface area contributed by atoms with E-state index in [4.69, 9.17) is 11.6 Å². The van der Waals surface area contributed by atoms with Crippen LogP contribution in [0.4, 0.5) is 10.5 Å². The lowest BCUT2D eigenvalue weighted by Crippen LogP contribution is -2.37. The van der Waals surface area contributed by atoms with Gasteiger partial charge in [0.15, 0.2) is 0 Å². The summed E-state index contributed by atoms with van der Waals surface area (Å²) in [5.74, 6) is -0.523. The number of hydrogen-bond acceptors (Lipinski definition) is 4. The Hall–Kier alpha value is -3.47. The molecule has 9 heteroatoms. The molecule has 1 unspecified atom stereocenters. The lowest BCUT2D eigenvalue weighted by atomic mass is 10.0. The highest BCUT2D eigenvalue weighted by Gasteiger charge is 2.25. The van der Waals surface area contributed by atoms with Gasteiger partial charge in [0.05, 0.1) is 11.4 Å². The molecular formula is C26H20ClIN4O3. The highest BCUT2D eigenvalue weighted by Crippen LogP contribution is 2.23. The maximum Gasteiger partial charge on any atom is 0.320 e. The molecule has 0 radical (unpaired) electrons. The molecule has 7 nitrogen and oxygen atoms in total. The zero-order valence-electron chi connectivity index (χ0n) is 18.2. The molecule has 1 atom stereocenters. The van der Waals surface area contributed by atoms with Crippen molar-refractivity contribution in [1.29, 1.82) is 0 Å². The fourth-order valence-corrected chi connectivity index (χ4v) is 4.20. The SMILES string of the molecule is O=C(Nc1ccc(Cl)cc1)NC(C(=O)N=C1C=CC(=C2C=CC=CN2O)C=C1)c1ccccc1I. The Labute approximate surface area is 221 Å². The summed E-state index contributed by atoms with van der Waals surface area (Å²) in [7, 11) is 0. The summed E-state index contributed by atoms with van der Waals surface area (Å²) in [6.07, 6.45) is 13.7. The maximum atomic E-state index is 13.2. The molecule has 3 amide bonds. The van der Waals surface area contributed by atoms with E-state index in [0.717, 1.165) is 14.2 Å². The average molecular weight is 599 g/mol. The highest BCUT2D eigenvalue weighted by atomic mass is 127. The fraction of sp³-hybridized carbons (Fsp3) is 0.0385. The second kappa shape index (κ2) is 11.3. The molecule has 2 aromatic carbocycles. The Morgan fingerprint density at radius 3 is 2.37 bits per heavy atom. The summed E-state index contributed by atoms with van der Waals surface area (Å²) in [5, 5.41) is 17.0. The van der Waals surface area contributed by atoms with E-state index in [0.29, 0.717) is 27.7 Å². The van der Waals surface area contributed by atoms with Crippen LogP contribution in [0, 0.1) is 3.57 Å². The minimum atomic E-state index is -0.996. The van der Waals surface area contributed by atoms with Crippen LogP contribution in [0.15, 0.2) is 114 Å². The number of nitrogens with zero attached hydrogens (tertiary/aromatic N) is 2. The van der Waals surface area contributed by atoms with Gasteiger partial charge in [-0.2, -0.15) is 0 Å². The van der Waals surface area contributed by atoms with Gasteiger partial charge in [-0.1, -0.05) is 48.0 Å². The molecule has 1 heterocycles. The fourth-order valence-electron chi connectivity index (χ4n) is 3.37. The first kappa shape index (κ1) is 24.6. The summed E-state index contributed by atoms with van der Waals surface area (Å²) < 4.78 is 0.817. The number of aliphatic imine (C=N–C) groups is 1. The molecule has 0 bridgehead atoms. The minimum Gasteiger partial charge on any atom is -0.322 e. The number of halogens is 2. The van der Waals surface area contributed by atoms with Gasteiger partial charge in [0.25, 0.3) is 5.91 Å². The first-order valence-electron chi connectivity index (χ1n) is 10.5. The van der Waals surface area contributed by atoms with Gasteiger partial charge in [0.2, 0.25) is 0 Å². The number of carbonyl (C=O) groups is 2. The van der Waals surface area contributed by atoms with E-state index in [1.54, 1.807) is 72.9 Å². The van der Waals surface area contributed by atoms with Crippen LogP contribution in [-0.2, 0) is 4.79 Å². The van der Waals surface area contributed by atoms with E-state index < -0.39 is 18.0 Å². The van der Waals surface area contributed by atoms with Gasteiger partial charge in [-0.3, -0.25) is 10.0 Å². The largest absolute Gasteiger partial charge is 0.322 e. The number of hydrogen-bond donors (Lipinski definition) is 3. The van der Waals surface area contributed by atoms with E-state index in [1.807, 2.05) is 18.2 Å². The van der Waals surface area contributed by atoms with Gasteiger partial charge in [-0.25, -0.2) is 14.9 Å². The van der Waals surface area contributed by atoms with Crippen LogP contribution in [0.25, 0.3) is 0 Å². The van der Waals surface area contributed by atoms with Crippen molar-refractivity contribution in [3.8, 4) is 0 Å². The number of rotatable bonds is 4. The first-order valence-corrected chi connectivity index (χ1v) is 12.0. The van der Waals surface area contributed by atoms with E-state index in [2.05, 4.69) is 38.2 Å². The van der Waals surface area contributed by atoms with Gasteiger partial charge < -0.3 is 10.6 Å². The second-order valence-electron chi connectivity index (χ2n) is 7.49. The zero-order valence-corrected chi connectivity index (χ0v) is 21.1. The first-order chi connectivity index (χ1) is 16.9. The zero-order chi connectivity index (χ0) is 24.8. The van der Waals surface area contributed by atoms with Gasteiger partial charge >= 0.3 is 6.03 Å².